The van der Waals surface area contributed by atoms with Gasteiger partial charge in [0.15, 0.2) is 0 Å². The Balaban J connectivity index is 2.19. The van der Waals surface area contributed by atoms with Crippen LogP contribution in [-0.4, -0.2) is 56.9 Å². The van der Waals surface area contributed by atoms with E-state index in [-0.39, 0.29) is 28.0 Å². The molecule has 0 aliphatic rings. The van der Waals surface area contributed by atoms with Gasteiger partial charge >= 0.3 is 5.97 Å². The third kappa shape index (κ3) is 6.10. The maximum atomic E-state index is 12.6. The maximum Gasteiger partial charge on any atom is 0.310 e. The van der Waals surface area contributed by atoms with Gasteiger partial charge in [0.05, 0.1) is 13.5 Å². The SMILES string of the molecule is [2H]C([2H])([2H])N(c1nc(Cc2ccc(NC(=O)c3ccc(C)cc3)cc2)nc(N(C([2H])([2H])[2H])C([2H])([2H])[2H])c1CC(=O)OC)C([2H])([2H])[2H]. The molecule has 0 aliphatic heterocycles. The lowest BCUT2D eigenvalue weighted by Gasteiger charge is -2.23. The highest BCUT2D eigenvalue weighted by Gasteiger charge is 2.20. The number of hydrogen-bond acceptors (Lipinski definition) is 7. The van der Waals surface area contributed by atoms with E-state index in [1.54, 1.807) is 48.5 Å². The van der Waals surface area contributed by atoms with E-state index < -0.39 is 57.5 Å². The van der Waals surface area contributed by atoms with Crippen molar-refractivity contribution in [3.05, 3.63) is 76.6 Å². The minimum atomic E-state index is -3.42. The van der Waals surface area contributed by atoms with Gasteiger partial charge in [-0.05, 0) is 36.8 Å². The Kier molecular flexibility index (Phi) is 4.15. The topological polar surface area (TPSA) is 87.7 Å². The van der Waals surface area contributed by atoms with Crippen LogP contribution >= 0.6 is 0 Å². The second-order valence-corrected chi connectivity index (χ2v) is 7.38. The van der Waals surface area contributed by atoms with Gasteiger partial charge in [-0.1, -0.05) is 29.8 Å². The van der Waals surface area contributed by atoms with Crippen molar-refractivity contribution in [1.29, 1.82) is 0 Å². The summed E-state index contributed by atoms with van der Waals surface area (Å²) >= 11 is 0. The predicted octanol–water partition coefficient (Wildman–Crippen LogP) is 3.48. The fraction of sp³-hybridized carbons (Fsp3) is 0.308. The van der Waals surface area contributed by atoms with Crippen molar-refractivity contribution in [2.45, 2.75) is 19.8 Å². The van der Waals surface area contributed by atoms with E-state index >= 15 is 0 Å². The number of nitrogens with zero attached hydrogens (tertiary/aromatic N) is 4. The number of ether oxygens (including phenoxy) is 1. The average molecular weight is 474 g/mol. The van der Waals surface area contributed by atoms with Crippen LogP contribution in [0.3, 0.4) is 0 Å². The fourth-order valence-electron chi connectivity index (χ4n) is 3.12. The maximum absolute atomic E-state index is 12.6. The highest BCUT2D eigenvalue weighted by molar-refractivity contribution is 6.04. The summed E-state index contributed by atoms with van der Waals surface area (Å²) in [6.07, 6.45) is -1.22. The summed E-state index contributed by atoms with van der Waals surface area (Å²) in [6, 6.07) is 13.1. The van der Waals surface area contributed by atoms with Gasteiger partial charge < -0.3 is 19.9 Å². The van der Waals surface area contributed by atoms with Gasteiger partial charge in [-0.3, -0.25) is 9.59 Å². The van der Waals surface area contributed by atoms with Crippen molar-refractivity contribution in [3.8, 4) is 0 Å². The number of benzene rings is 2. The van der Waals surface area contributed by atoms with Gasteiger partial charge in [-0.2, -0.15) is 0 Å². The summed E-state index contributed by atoms with van der Waals surface area (Å²) in [4.78, 5) is 33.1. The van der Waals surface area contributed by atoms with Crippen LogP contribution in [0.5, 0.6) is 0 Å². The zero-order valence-corrected chi connectivity index (χ0v) is 18.5. The lowest BCUT2D eigenvalue weighted by molar-refractivity contribution is -0.139. The number of hydrogen-bond donors (Lipinski definition) is 1. The minimum absolute atomic E-state index is 0.0755. The predicted molar refractivity (Wildman–Crippen MR) is 135 cm³/mol. The molecular weight excluding hydrogens is 430 g/mol. The molecule has 1 N–H and O–H groups in total. The van der Waals surface area contributed by atoms with Crippen LogP contribution in [-0.2, 0) is 22.4 Å². The molecule has 1 heterocycles. The zero-order valence-electron chi connectivity index (χ0n) is 30.5. The van der Waals surface area contributed by atoms with Crippen LogP contribution in [0.25, 0.3) is 0 Å². The summed E-state index contributed by atoms with van der Waals surface area (Å²) in [6.45, 7) is -11.8. The molecule has 3 rings (SSSR count). The van der Waals surface area contributed by atoms with E-state index in [9.17, 15) is 9.59 Å². The molecular formula is C26H31N5O3. The zero-order chi connectivity index (χ0) is 34.8. The summed E-state index contributed by atoms with van der Waals surface area (Å²) in [5.74, 6) is -3.59. The Hall–Kier alpha value is -3.94. The second kappa shape index (κ2) is 10.8. The number of anilines is 3. The molecule has 1 amide bonds. The first-order chi connectivity index (χ1) is 21.0. The number of aromatic nitrogens is 2. The Morgan fingerprint density at radius 2 is 1.53 bits per heavy atom. The van der Waals surface area contributed by atoms with E-state index in [0.29, 0.717) is 16.8 Å². The van der Waals surface area contributed by atoms with E-state index in [1.807, 2.05) is 6.92 Å². The fourth-order valence-corrected chi connectivity index (χ4v) is 3.12. The molecule has 8 nitrogen and oxygen atoms in total. The van der Waals surface area contributed by atoms with E-state index in [2.05, 4.69) is 20.0 Å². The largest absolute Gasteiger partial charge is 0.469 e. The molecule has 0 saturated carbocycles. The molecule has 178 valence electrons. The Bertz CT molecular complexity index is 1470. The highest BCUT2D eigenvalue weighted by Crippen LogP contribution is 2.27. The standard InChI is InChI=1S/C26H31N5O3/c1-17-7-11-19(12-8-17)26(33)27-20-13-9-18(10-14-20)15-22-28-24(30(2)3)21(16-23(32)34-6)25(29-22)31(4)5/h7-14H,15-16H2,1-6H3,(H,27,33)/i2D3,3D3,4D3,5D3. The highest BCUT2D eigenvalue weighted by atomic mass is 16.5. The van der Waals surface area contributed by atoms with Crippen molar-refractivity contribution in [3.63, 3.8) is 0 Å². The molecule has 0 fully saturated rings. The van der Waals surface area contributed by atoms with Gasteiger partial charge in [0.1, 0.15) is 17.5 Å². The van der Waals surface area contributed by atoms with Crippen LogP contribution in [0.15, 0.2) is 48.5 Å². The minimum Gasteiger partial charge on any atom is -0.469 e. The van der Waals surface area contributed by atoms with Crippen LogP contribution in [0, 0.1) is 6.92 Å². The second-order valence-electron chi connectivity index (χ2n) is 7.38. The van der Waals surface area contributed by atoms with Gasteiger partial charge in [0.25, 0.3) is 5.91 Å². The number of aryl methyl sites for hydroxylation is 1. The Morgan fingerprint density at radius 1 is 0.941 bits per heavy atom. The average Bonchev–Trinajstić information content (AvgIpc) is 2.88. The molecule has 0 spiro atoms. The molecule has 0 aliphatic carbocycles. The van der Waals surface area contributed by atoms with Gasteiger partial charge in [-0.15, -0.1) is 0 Å². The van der Waals surface area contributed by atoms with Crippen LogP contribution < -0.4 is 15.1 Å². The van der Waals surface area contributed by atoms with Gasteiger partial charge in [0, 0.05) is 67.6 Å². The summed E-state index contributed by atoms with van der Waals surface area (Å²) in [7, 11) is 0.973. The summed E-state index contributed by atoms with van der Waals surface area (Å²) < 4.78 is 99.7. The molecule has 0 radical (unpaired) electrons. The van der Waals surface area contributed by atoms with Crippen LogP contribution in [0.2, 0.25) is 0 Å². The van der Waals surface area contributed by atoms with E-state index in [0.717, 1.165) is 12.7 Å². The van der Waals surface area contributed by atoms with Crippen molar-refractivity contribution in [2.75, 3.05) is 50.1 Å². The van der Waals surface area contributed by atoms with Crippen molar-refractivity contribution >= 4 is 29.2 Å². The first kappa shape index (κ1) is 13.1. The molecule has 0 unspecified atom stereocenters. The van der Waals surface area contributed by atoms with Crippen LogP contribution in [0.4, 0.5) is 17.3 Å². The molecule has 8 heteroatoms. The smallest absolute Gasteiger partial charge is 0.310 e. The van der Waals surface area contributed by atoms with Crippen LogP contribution in [0.1, 0.15) is 49.3 Å². The number of amides is 1. The number of carbonyl (C=O) groups excluding carboxylic acids is 2. The van der Waals surface area contributed by atoms with E-state index in [4.69, 9.17) is 16.4 Å². The number of rotatable bonds is 8. The summed E-state index contributed by atoms with van der Waals surface area (Å²) in [5, 5.41) is 2.74. The van der Waals surface area contributed by atoms with E-state index in [1.165, 1.54) is 0 Å². The monoisotopic (exact) mass is 473 g/mol. The molecule has 0 bridgehead atoms. The van der Waals surface area contributed by atoms with Crippen molar-refractivity contribution < 1.29 is 30.8 Å². The summed E-state index contributed by atoms with van der Waals surface area (Å²) in [5.41, 5.74) is 1.57. The first-order valence-electron chi connectivity index (χ1n) is 16.1. The van der Waals surface area contributed by atoms with Gasteiger partial charge in [0.2, 0.25) is 0 Å². The quantitative estimate of drug-likeness (QED) is 0.501. The van der Waals surface area contributed by atoms with Crippen molar-refractivity contribution in [1.82, 2.24) is 9.97 Å². The number of carbonyl (C=O) groups is 2. The molecule has 0 atom stereocenters. The molecule has 34 heavy (non-hydrogen) atoms. The number of esters is 1. The lowest BCUT2D eigenvalue weighted by atomic mass is 10.1. The molecule has 1 aromatic heterocycles. The Labute approximate surface area is 217 Å². The first-order valence-corrected chi connectivity index (χ1v) is 10.1. The van der Waals surface area contributed by atoms with Crippen molar-refractivity contribution in [2.24, 2.45) is 0 Å². The number of nitrogens with one attached hydrogen (secondary N) is 1. The third-order valence-corrected chi connectivity index (χ3v) is 4.87. The molecule has 0 saturated heterocycles. The third-order valence-electron chi connectivity index (χ3n) is 4.87. The molecule has 3 aromatic rings. The normalized spacial score (nSPS) is 17.2. The number of methoxy groups -OCH3 is 1. The van der Waals surface area contributed by atoms with Gasteiger partial charge in [-0.25, -0.2) is 9.97 Å². The Morgan fingerprint density at radius 3 is 2.06 bits per heavy atom. The lowest BCUT2D eigenvalue weighted by Crippen LogP contribution is -2.23. The molecule has 2 aromatic carbocycles.